The molecule has 1 atom stereocenters. The van der Waals surface area contributed by atoms with E-state index in [1.807, 2.05) is 30.8 Å². The van der Waals surface area contributed by atoms with E-state index >= 15 is 0 Å². The molecule has 0 fully saturated rings. The molecule has 0 radical (unpaired) electrons. The van der Waals surface area contributed by atoms with Gasteiger partial charge >= 0.3 is 9.28 Å². The third-order valence-electron chi connectivity index (χ3n) is 1.68. The fourth-order valence-corrected chi connectivity index (χ4v) is 6.01. The molecule has 84 valence electrons. The third kappa shape index (κ3) is 5.01. The van der Waals surface area contributed by atoms with Crippen LogP contribution in [0.2, 0.25) is 26.2 Å². The molecule has 3 nitrogen and oxygen atoms in total. The summed E-state index contributed by atoms with van der Waals surface area (Å²) < 4.78 is 11.6. The molecule has 2 N–H and O–H groups in total. The Hall–Kier alpha value is -0.786. The largest absolute Gasteiger partial charge is 0.523 e. The zero-order chi connectivity index (χ0) is 11.5. The zero-order valence-electron chi connectivity index (χ0n) is 9.78. The summed E-state index contributed by atoms with van der Waals surface area (Å²) in [6.45, 7) is 8.54. The Kier molecular flexibility index (Phi) is 3.95. The van der Waals surface area contributed by atoms with Crippen molar-refractivity contribution in [3.05, 3.63) is 24.3 Å². The summed E-state index contributed by atoms with van der Waals surface area (Å²) in [4.78, 5) is 0. The second kappa shape index (κ2) is 4.82. The summed E-state index contributed by atoms with van der Waals surface area (Å²) in [7, 11) is -3.05. The Morgan fingerprint density at radius 3 is 2.47 bits per heavy atom. The molecular formula is C10H19NO2Si2. The zero-order valence-corrected chi connectivity index (χ0v) is 11.9. The molecule has 0 aromatic heterocycles. The molecule has 0 bridgehead atoms. The van der Waals surface area contributed by atoms with Gasteiger partial charge in [0.05, 0.1) is 0 Å². The predicted molar refractivity (Wildman–Crippen MR) is 68.9 cm³/mol. The van der Waals surface area contributed by atoms with Crippen molar-refractivity contribution < 1.29 is 8.54 Å². The number of rotatable bonds is 4. The molecule has 0 amide bonds. The normalized spacial score (nSPS) is 13.6. The Morgan fingerprint density at radius 1 is 1.27 bits per heavy atom. The summed E-state index contributed by atoms with van der Waals surface area (Å²) in [6.07, 6.45) is 0. The summed E-state index contributed by atoms with van der Waals surface area (Å²) >= 11 is 0. The summed E-state index contributed by atoms with van der Waals surface area (Å²) in [5.41, 5.74) is 6.39. The summed E-state index contributed by atoms with van der Waals surface area (Å²) in [5, 5.41) is 0. The van der Waals surface area contributed by atoms with Gasteiger partial charge in [-0.3, -0.25) is 0 Å². The highest BCUT2D eigenvalue weighted by molar-refractivity contribution is 6.75. The van der Waals surface area contributed by atoms with E-state index in [0.29, 0.717) is 0 Å². The first kappa shape index (κ1) is 12.3. The van der Waals surface area contributed by atoms with Crippen molar-refractivity contribution in [1.82, 2.24) is 0 Å². The lowest BCUT2D eigenvalue weighted by Gasteiger charge is -2.23. The van der Waals surface area contributed by atoms with Crippen molar-refractivity contribution in [3.8, 4) is 5.75 Å². The van der Waals surface area contributed by atoms with E-state index in [1.165, 1.54) is 0 Å². The van der Waals surface area contributed by atoms with Gasteiger partial charge in [-0.05, 0) is 38.3 Å². The van der Waals surface area contributed by atoms with Gasteiger partial charge in [-0.1, -0.05) is 6.07 Å². The van der Waals surface area contributed by atoms with E-state index in [9.17, 15) is 0 Å². The van der Waals surface area contributed by atoms with Gasteiger partial charge in [0.1, 0.15) is 5.75 Å². The van der Waals surface area contributed by atoms with E-state index in [1.54, 1.807) is 0 Å². The van der Waals surface area contributed by atoms with Crippen LogP contribution in [0.25, 0.3) is 0 Å². The van der Waals surface area contributed by atoms with Crippen molar-refractivity contribution >= 4 is 23.3 Å². The molecule has 0 saturated heterocycles. The molecule has 15 heavy (non-hydrogen) atoms. The maximum atomic E-state index is 5.90. The highest BCUT2D eigenvalue weighted by Gasteiger charge is 2.20. The van der Waals surface area contributed by atoms with Gasteiger partial charge in [0, 0.05) is 11.8 Å². The summed E-state index contributed by atoms with van der Waals surface area (Å²) in [5.74, 6) is 0.812. The number of benzene rings is 1. The molecule has 0 aliphatic carbocycles. The third-order valence-corrected chi connectivity index (χ3v) is 6.44. The van der Waals surface area contributed by atoms with Crippen LogP contribution in [0.3, 0.4) is 0 Å². The first-order valence-electron chi connectivity index (χ1n) is 5.07. The summed E-state index contributed by atoms with van der Waals surface area (Å²) in [6, 6.07) is 7.48. The lowest BCUT2D eigenvalue weighted by atomic mass is 10.3. The van der Waals surface area contributed by atoms with Crippen LogP contribution in [0, 0.1) is 0 Å². The molecule has 1 unspecified atom stereocenters. The average molecular weight is 241 g/mol. The standard InChI is InChI=1S/C10H19NO2Si2/c1-14(13-15(2,3)4)12-10-7-5-6-9(11)8-10/h5-8,14H,11H2,1-4H3. The van der Waals surface area contributed by atoms with Gasteiger partial charge in [-0.15, -0.1) is 0 Å². The number of hydrogen-bond acceptors (Lipinski definition) is 3. The smallest absolute Gasteiger partial charge is 0.369 e. The minimum atomic E-state index is -1.57. The van der Waals surface area contributed by atoms with Gasteiger partial charge in [0.2, 0.25) is 0 Å². The predicted octanol–water partition coefficient (Wildman–Crippen LogP) is 2.35. The van der Waals surface area contributed by atoms with Crippen LogP contribution >= 0.6 is 0 Å². The Morgan fingerprint density at radius 2 is 1.93 bits per heavy atom. The molecule has 0 heterocycles. The quantitative estimate of drug-likeness (QED) is 0.650. The Labute approximate surface area is 94.2 Å². The molecule has 1 rings (SSSR count). The maximum absolute atomic E-state index is 5.90. The van der Waals surface area contributed by atoms with Crippen molar-refractivity contribution in [3.63, 3.8) is 0 Å². The van der Waals surface area contributed by atoms with Gasteiger partial charge in [-0.2, -0.15) is 0 Å². The number of hydrogen-bond donors (Lipinski definition) is 1. The highest BCUT2D eigenvalue weighted by Crippen LogP contribution is 2.16. The maximum Gasteiger partial charge on any atom is 0.369 e. The Bertz CT molecular complexity index is 325. The van der Waals surface area contributed by atoms with Crippen LogP contribution < -0.4 is 10.2 Å². The van der Waals surface area contributed by atoms with Crippen LogP contribution in [0.1, 0.15) is 0 Å². The van der Waals surface area contributed by atoms with Crippen LogP contribution in [-0.2, 0) is 4.12 Å². The highest BCUT2D eigenvalue weighted by atomic mass is 28.4. The second-order valence-electron chi connectivity index (χ2n) is 4.49. The average Bonchev–Trinajstić information content (AvgIpc) is 1.99. The van der Waals surface area contributed by atoms with E-state index < -0.39 is 17.6 Å². The van der Waals surface area contributed by atoms with Crippen molar-refractivity contribution in [2.75, 3.05) is 5.73 Å². The monoisotopic (exact) mass is 241 g/mol. The lowest BCUT2D eigenvalue weighted by Crippen LogP contribution is -2.36. The Balaban J connectivity index is 2.55. The number of nitrogen functional groups attached to an aromatic ring is 1. The van der Waals surface area contributed by atoms with E-state index in [2.05, 4.69) is 19.6 Å². The van der Waals surface area contributed by atoms with Crippen molar-refractivity contribution in [1.29, 1.82) is 0 Å². The first-order chi connectivity index (χ1) is 6.87. The molecule has 0 aliphatic rings. The fourth-order valence-electron chi connectivity index (χ4n) is 1.30. The first-order valence-corrected chi connectivity index (χ1v) is 10.6. The number of nitrogens with two attached hydrogens (primary N) is 1. The van der Waals surface area contributed by atoms with Gasteiger partial charge in [-0.25, -0.2) is 0 Å². The minimum Gasteiger partial charge on any atom is -0.523 e. The SMILES string of the molecule is C[SiH](Oc1cccc(N)c1)O[Si](C)(C)C. The van der Waals surface area contributed by atoms with Crippen molar-refractivity contribution in [2.45, 2.75) is 26.2 Å². The van der Waals surface area contributed by atoms with Gasteiger partial charge in [0.15, 0.2) is 8.32 Å². The minimum absolute atomic E-state index is 0.724. The topological polar surface area (TPSA) is 44.5 Å². The molecule has 0 saturated carbocycles. The van der Waals surface area contributed by atoms with Gasteiger partial charge < -0.3 is 14.3 Å². The van der Waals surface area contributed by atoms with E-state index in [4.69, 9.17) is 14.3 Å². The molecular weight excluding hydrogens is 222 g/mol. The lowest BCUT2D eigenvalue weighted by molar-refractivity contribution is 0.430. The molecule has 0 aliphatic heterocycles. The molecule has 0 spiro atoms. The molecule has 1 aromatic rings. The van der Waals surface area contributed by atoms with E-state index in [0.717, 1.165) is 11.4 Å². The van der Waals surface area contributed by atoms with Crippen molar-refractivity contribution in [2.24, 2.45) is 0 Å². The van der Waals surface area contributed by atoms with Gasteiger partial charge in [0.25, 0.3) is 0 Å². The van der Waals surface area contributed by atoms with Crippen LogP contribution in [0.15, 0.2) is 24.3 Å². The van der Waals surface area contributed by atoms with Crippen LogP contribution in [0.5, 0.6) is 5.75 Å². The molecule has 5 heteroatoms. The second-order valence-corrected chi connectivity index (χ2v) is 11.0. The van der Waals surface area contributed by atoms with Crippen LogP contribution in [-0.4, -0.2) is 17.6 Å². The fraction of sp³-hybridized carbons (Fsp3) is 0.400. The number of anilines is 1. The molecule has 1 aromatic carbocycles. The van der Waals surface area contributed by atoms with Crippen LogP contribution in [0.4, 0.5) is 5.69 Å². The van der Waals surface area contributed by atoms with E-state index in [-0.39, 0.29) is 0 Å².